The highest BCUT2D eigenvalue weighted by atomic mass is 15.2. The van der Waals surface area contributed by atoms with Crippen LogP contribution >= 0.6 is 0 Å². The molecule has 2 aliphatic rings. The number of aromatic nitrogens is 1. The van der Waals surface area contributed by atoms with E-state index in [9.17, 15) is 0 Å². The van der Waals surface area contributed by atoms with Crippen molar-refractivity contribution < 1.29 is 0 Å². The van der Waals surface area contributed by atoms with Gasteiger partial charge in [-0.3, -0.25) is 0 Å². The zero-order valence-electron chi connectivity index (χ0n) is 86.0. The fourth-order valence-corrected chi connectivity index (χ4v) is 20.0. The van der Waals surface area contributed by atoms with Gasteiger partial charge in [-0.15, -0.1) is 0 Å². The van der Waals surface area contributed by atoms with Gasteiger partial charge in [0.15, 0.2) is 0 Å². The van der Waals surface area contributed by atoms with Gasteiger partial charge in [-0.25, -0.2) is 0 Å². The molecule has 0 bridgehead atoms. The van der Waals surface area contributed by atoms with Crippen LogP contribution in [-0.2, 0) is 65.0 Å². The Morgan fingerprint density at radius 1 is 0.192 bits per heavy atom. The number of hydrogen-bond donors (Lipinski definition) is 0. The third-order valence-electron chi connectivity index (χ3n) is 28.4. The molecule has 16 rings (SSSR count). The number of anilines is 6. The molecule has 670 valence electrons. The fourth-order valence-electron chi connectivity index (χ4n) is 20.0. The van der Waals surface area contributed by atoms with Gasteiger partial charge in [0, 0.05) is 55.8 Å². The van der Waals surface area contributed by atoms with Crippen LogP contribution in [0.2, 0.25) is 0 Å². The summed E-state index contributed by atoms with van der Waals surface area (Å²) in [6.45, 7) is 85.3. The van der Waals surface area contributed by atoms with E-state index in [1.165, 1.54) is 138 Å². The van der Waals surface area contributed by atoms with E-state index >= 15 is 0 Å². The van der Waals surface area contributed by atoms with Gasteiger partial charge in [0.05, 0.1) is 28.1 Å². The first kappa shape index (κ1) is 92.6. The van der Waals surface area contributed by atoms with Crippen LogP contribution in [0.1, 0.15) is 316 Å². The van der Waals surface area contributed by atoms with Crippen LogP contribution in [0.4, 0.5) is 34.1 Å². The topological polar surface area (TPSA) is 11.4 Å². The van der Waals surface area contributed by atoms with E-state index in [0.717, 1.165) is 73.1 Å². The molecule has 3 heterocycles. The molecule has 0 spiro atoms. The van der Waals surface area contributed by atoms with Crippen LogP contribution in [0.3, 0.4) is 0 Å². The number of para-hydroxylation sites is 2. The Labute approximate surface area is 784 Å². The highest BCUT2D eigenvalue weighted by Crippen LogP contribution is 2.57. The molecule has 0 radical (unpaired) electrons. The minimum Gasteiger partial charge on any atom is -0.310 e. The molecule has 4 heteroatoms. The second-order valence-electron chi connectivity index (χ2n) is 51.0. The maximum absolute atomic E-state index is 2.83. The van der Waals surface area contributed by atoms with Crippen molar-refractivity contribution in [3.8, 4) is 72.4 Å². The van der Waals surface area contributed by atoms with Crippen LogP contribution in [-0.4, -0.2) is 11.3 Å². The lowest BCUT2D eigenvalue weighted by Gasteiger charge is -2.46. The second kappa shape index (κ2) is 31.5. The summed E-state index contributed by atoms with van der Waals surface area (Å²) in [5.74, 6) is 0. The van der Waals surface area contributed by atoms with Gasteiger partial charge in [0.2, 0.25) is 0 Å². The van der Waals surface area contributed by atoms with Crippen molar-refractivity contribution in [2.75, 3.05) is 9.80 Å². The average molecular weight is 1720 g/mol. The largest absolute Gasteiger partial charge is 0.310 e. The maximum Gasteiger partial charge on any atom is 0.252 e. The van der Waals surface area contributed by atoms with Crippen LogP contribution in [0, 0.1) is 0 Å². The predicted molar refractivity (Wildman–Crippen MR) is 572 cm³/mol. The molecule has 0 atom stereocenters. The molecular weight excluding hydrogens is 1570 g/mol. The van der Waals surface area contributed by atoms with Gasteiger partial charge >= 0.3 is 0 Å². The number of benzene rings is 13. The van der Waals surface area contributed by atoms with E-state index in [0.29, 0.717) is 0 Å². The molecule has 0 saturated carbocycles. The van der Waals surface area contributed by atoms with Crippen molar-refractivity contribution in [3.05, 3.63) is 309 Å². The third kappa shape index (κ3) is 17.3. The summed E-state index contributed by atoms with van der Waals surface area (Å²) in [4.78, 5) is 5.66. The molecular formula is C126H148BN3. The van der Waals surface area contributed by atoms with Crippen molar-refractivity contribution in [1.82, 2.24) is 4.57 Å². The quantitative estimate of drug-likeness (QED) is 0.133. The molecule has 14 aromatic rings. The van der Waals surface area contributed by atoms with Crippen molar-refractivity contribution in [2.45, 2.75) is 314 Å². The summed E-state index contributed by atoms with van der Waals surface area (Å²) < 4.78 is 2.67. The Hall–Kier alpha value is -10.7. The molecule has 13 aromatic carbocycles. The summed E-state index contributed by atoms with van der Waals surface area (Å²) in [6.07, 6.45) is 0. The Morgan fingerprint density at radius 3 is 0.769 bits per heavy atom. The van der Waals surface area contributed by atoms with Gasteiger partial charge in [0.25, 0.3) is 6.71 Å². The highest BCUT2D eigenvalue weighted by Gasteiger charge is 2.47. The standard InChI is InChI=1S/C126H148BN3/c1-115(2,3)83-49-43-77(44-50-83)94-39-37-41-98(96-57-53-87(119(13,14)15)73-102(96)125(31,32)33)113(94)129-108-67-79(81-63-89(121(19,20)21)69-90(64-81)122(22,23)24)47-59-104(108)127-105-60-48-80(82-65-91(123(25,26)27)70-92(66-82)124(28,29)30)68-109(105)130(111-76-93(75-110(129)112(111)127)128-106-61-55-85(117(7,8)9)71-100(106)101-72-86(118(10,11)12)56-62-107(101)128)114-95(78-45-51-84(52-46-78)116(4,5)6)40-38-42-99(114)97-58-54-88(120(16,17)18)74-103(97)126(34,35)36/h37-76H,1-36H3. The predicted octanol–water partition coefficient (Wildman–Crippen LogP) is 34.4. The highest BCUT2D eigenvalue weighted by molar-refractivity contribution is 7.00. The number of rotatable bonds is 9. The summed E-state index contributed by atoms with van der Waals surface area (Å²) in [7, 11) is 0. The van der Waals surface area contributed by atoms with E-state index in [1.807, 2.05) is 0 Å². The molecule has 0 amide bonds. The van der Waals surface area contributed by atoms with E-state index in [2.05, 4.69) is 506 Å². The Kier molecular flexibility index (Phi) is 22.4. The first-order valence-electron chi connectivity index (χ1n) is 48.3. The van der Waals surface area contributed by atoms with Crippen LogP contribution in [0.15, 0.2) is 243 Å². The van der Waals surface area contributed by atoms with Gasteiger partial charge in [-0.05, 0) is 241 Å². The monoisotopic (exact) mass is 1710 g/mol. The van der Waals surface area contributed by atoms with Crippen molar-refractivity contribution in [2.24, 2.45) is 0 Å². The minimum atomic E-state index is -0.311. The minimum absolute atomic E-state index is 0.0871. The summed E-state index contributed by atoms with van der Waals surface area (Å²) >= 11 is 0. The molecule has 2 aliphatic heterocycles. The molecule has 0 aliphatic carbocycles. The zero-order chi connectivity index (χ0) is 94.5. The van der Waals surface area contributed by atoms with Gasteiger partial charge in [-0.1, -0.05) is 443 Å². The summed E-state index contributed by atoms with van der Waals surface area (Å²) in [5.41, 5.74) is 42.1. The SMILES string of the molecule is CC(C)(C)c1ccc(-c2cccc(-c3ccc(C(C)(C)C)cc3C(C)(C)C)c2N2c3cc(-c4cc(C(C)(C)C)cc(C(C)(C)C)c4)ccc3B3c4ccc(-c5cc(C(C)(C)C)cc(C(C)(C)C)c5)cc4N(c4c(-c5ccc(C(C)(C)C)cc5)cccc4-c4ccc(C(C)(C)C)cc4C(C)(C)C)c4cc(-n5c6ccc(C(C)(C)C)cc6c6cc(C(C)(C)C)ccc65)cc2c43)cc1. The number of hydrogen-bond acceptors (Lipinski definition) is 2. The summed E-state index contributed by atoms with van der Waals surface area (Å²) in [5, 5.41) is 2.49. The van der Waals surface area contributed by atoms with Crippen LogP contribution < -0.4 is 26.2 Å². The Bertz CT molecular complexity index is 6320. The normalized spacial score (nSPS) is 14.0. The molecule has 0 N–H and O–H groups in total. The van der Waals surface area contributed by atoms with Gasteiger partial charge in [0.1, 0.15) is 0 Å². The van der Waals surface area contributed by atoms with E-state index in [4.69, 9.17) is 0 Å². The van der Waals surface area contributed by atoms with E-state index in [1.54, 1.807) is 0 Å². The number of nitrogens with zero attached hydrogens (tertiary/aromatic N) is 3. The molecule has 1 aromatic heterocycles. The maximum atomic E-state index is 2.83. The first-order chi connectivity index (χ1) is 60.0. The second-order valence-corrected chi connectivity index (χ2v) is 51.0. The van der Waals surface area contributed by atoms with Crippen LogP contribution in [0.5, 0.6) is 0 Å². The lowest BCUT2D eigenvalue weighted by atomic mass is 9.33. The smallest absolute Gasteiger partial charge is 0.252 e. The van der Waals surface area contributed by atoms with Gasteiger partial charge in [-0.2, -0.15) is 0 Å². The fraction of sp³-hybridized carbons (Fsp3) is 0.381. The van der Waals surface area contributed by atoms with E-state index < -0.39 is 0 Å². The third-order valence-corrected chi connectivity index (χ3v) is 28.4. The number of fused-ring (bicyclic) bond motifs is 7. The Balaban J connectivity index is 1.19. The molecule has 0 saturated heterocycles. The molecule has 3 nitrogen and oxygen atoms in total. The zero-order valence-corrected chi connectivity index (χ0v) is 86.0. The molecule has 130 heavy (non-hydrogen) atoms. The first-order valence-corrected chi connectivity index (χ1v) is 48.3. The average Bonchev–Trinajstić information content (AvgIpc) is 0.882. The lowest BCUT2D eigenvalue weighted by Crippen LogP contribution is -2.61. The van der Waals surface area contributed by atoms with Gasteiger partial charge < -0.3 is 14.4 Å². The van der Waals surface area contributed by atoms with E-state index in [-0.39, 0.29) is 71.7 Å². The lowest BCUT2D eigenvalue weighted by molar-refractivity contribution is 0.568. The Morgan fingerprint density at radius 2 is 0.469 bits per heavy atom. The summed E-state index contributed by atoms with van der Waals surface area (Å²) in [6, 6.07) is 99.4. The van der Waals surface area contributed by atoms with Crippen molar-refractivity contribution >= 4 is 79.0 Å². The van der Waals surface area contributed by atoms with Crippen molar-refractivity contribution in [3.63, 3.8) is 0 Å². The van der Waals surface area contributed by atoms with Crippen molar-refractivity contribution in [1.29, 1.82) is 0 Å². The van der Waals surface area contributed by atoms with Crippen LogP contribution in [0.25, 0.3) is 94.3 Å². The molecule has 0 fully saturated rings. The molecule has 0 unspecified atom stereocenters.